The largest absolute Gasteiger partial charge is 0.376 e. The standard InChI is InChI=1S/C15H19N3O3S/c19-22(20,15-7-2-1-3-8-15)17-13-10-16-18(11-13)12-14-6-4-5-9-21-14/h1-3,7-8,10-11,14,17H,4-6,9,12H2/t14-/m0/s1. The summed E-state index contributed by atoms with van der Waals surface area (Å²) in [6.45, 7) is 1.44. The molecule has 1 aromatic heterocycles. The lowest BCUT2D eigenvalue weighted by Crippen LogP contribution is -2.24. The molecule has 1 aliphatic rings. The van der Waals surface area contributed by atoms with Crippen LogP contribution in [0.4, 0.5) is 5.69 Å². The number of aromatic nitrogens is 2. The van der Waals surface area contributed by atoms with Crippen LogP contribution in [-0.2, 0) is 21.3 Å². The van der Waals surface area contributed by atoms with Gasteiger partial charge in [0, 0.05) is 12.8 Å². The number of benzene rings is 1. The molecule has 2 heterocycles. The maximum absolute atomic E-state index is 12.2. The highest BCUT2D eigenvalue weighted by molar-refractivity contribution is 7.92. The molecule has 1 atom stereocenters. The minimum atomic E-state index is -3.57. The summed E-state index contributed by atoms with van der Waals surface area (Å²) in [5.41, 5.74) is 0.458. The number of nitrogens with one attached hydrogen (secondary N) is 1. The Morgan fingerprint density at radius 3 is 2.82 bits per heavy atom. The van der Waals surface area contributed by atoms with Gasteiger partial charge in [-0.15, -0.1) is 0 Å². The van der Waals surface area contributed by atoms with Crippen LogP contribution < -0.4 is 4.72 Å². The average molecular weight is 321 g/mol. The highest BCUT2D eigenvalue weighted by atomic mass is 32.2. The number of hydrogen-bond acceptors (Lipinski definition) is 4. The smallest absolute Gasteiger partial charge is 0.261 e. The first-order chi connectivity index (χ1) is 10.6. The van der Waals surface area contributed by atoms with Gasteiger partial charge in [0.2, 0.25) is 0 Å². The lowest BCUT2D eigenvalue weighted by atomic mass is 10.1. The molecular formula is C15H19N3O3S. The Morgan fingerprint density at radius 2 is 2.09 bits per heavy atom. The summed E-state index contributed by atoms with van der Waals surface area (Å²) in [5, 5.41) is 4.20. The van der Waals surface area contributed by atoms with Crippen LogP contribution in [0.2, 0.25) is 0 Å². The fraction of sp³-hybridized carbons (Fsp3) is 0.400. The molecule has 1 N–H and O–H groups in total. The van der Waals surface area contributed by atoms with Gasteiger partial charge in [0.05, 0.1) is 29.4 Å². The third kappa shape index (κ3) is 3.66. The zero-order valence-corrected chi connectivity index (χ0v) is 13.0. The van der Waals surface area contributed by atoms with Gasteiger partial charge in [0.1, 0.15) is 0 Å². The van der Waals surface area contributed by atoms with Crippen molar-refractivity contribution in [2.75, 3.05) is 11.3 Å². The highest BCUT2D eigenvalue weighted by Gasteiger charge is 2.17. The van der Waals surface area contributed by atoms with Crippen molar-refractivity contribution < 1.29 is 13.2 Å². The van der Waals surface area contributed by atoms with Crippen LogP contribution in [0.15, 0.2) is 47.6 Å². The molecule has 3 rings (SSSR count). The molecular weight excluding hydrogens is 302 g/mol. The molecule has 6 nitrogen and oxygen atoms in total. The van der Waals surface area contributed by atoms with Gasteiger partial charge in [-0.1, -0.05) is 18.2 Å². The van der Waals surface area contributed by atoms with Crippen molar-refractivity contribution in [2.24, 2.45) is 0 Å². The topological polar surface area (TPSA) is 73.2 Å². The van der Waals surface area contributed by atoms with E-state index in [0.717, 1.165) is 19.4 Å². The Bertz CT molecular complexity index is 707. The second kappa shape index (κ2) is 6.50. The van der Waals surface area contributed by atoms with E-state index in [1.807, 2.05) is 0 Å². The van der Waals surface area contributed by atoms with E-state index in [1.54, 1.807) is 41.2 Å². The zero-order chi connectivity index (χ0) is 15.4. The SMILES string of the molecule is O=S(=O)(Nc1cnn(C[C@@H]2CCCCO2)c1)c1ccccc1. The molecule has 0 amide bonds. The average Bonchev–Trinajstić information content (AvgIpc) is 2.95. The first-order valence-corrected chi connectivity index (χ1v) is 8.84. The van der Waals surface area contributed by atoms with Gasteiger partial charge < -0.3 is 4.74 Å². The van der Waals surface area contributed by atoms with E-state index in [9.17, 15) is 8.42 Å². The van der Waals surface area contributed by atoms with Crippen LogP contribution in [0.5, 0.6) is 0 Å². The Kier molecular flexibility index (Phi) is 4.44. The third-order valence-electron chi connectivity index (χ3n) is 3.60. The van der Waals surface area contributed by atoms with Crippen molar-refractivity contribution in [1.29, 1.82) is 0 Å². The molecule has 22 heavy (non-hydrogen) atoms. The molecule has 0 radical (unpaired) electrons. The third-order valence-corrected chi connectivity index (χ3v) is 5.00. The molecule has 1 aromatic carbocycles. The van der Waals surface area contributed by atoms with Crippen LogP contribution in [0.3, 0.4) is 0 Å². The zero-order valence-electron chi connectivity index (χ0n) is 12.2. The number of sulfonamides is 1. The van der Waals surface area contributed by atoms with Crippen molar-refractivity contribution in [1.82, 2.24) is 9.78 Å². The minimum Gasteiger partial charge on any atom is -0.376 e. The van der Waals surface area contributed by atoms with Crippen LogP contribution >= 0.6 is 0 Å². The summed E-state index contributed by atoms with van der Waals surface area (Å²) in [5.74, 6) is 0. The maximum Gasteiger partial charge on any atom is 0.261 e. The minimum absolute atomic E-state index is 0.159. The van der Waals surface area contributed by atoms with Crippen molar-refractivity contribution in [3.8, 4) is 0 Å². The van der Waals surface area contributed by atoms with Gasteiger partial charge in [0.25, 0.3) is 10.0 Å². The van der Waals surface area contributed by atoms with Gasteiger partial charge >= 0.3 is 0 Å². The normalized spacial score (nSPS) is 19.0. The van der Waals surface area contributed by atoms with Crippen molar-refractivity contribution in [2.45, 2.75) is 36.8 Å². The lowest BCUT2D eigenvalue weighted by molar-refractivity contribution is 0.00401. The number of nitrogens with zero attached hydrogens (tertiary/aromatic N) is 2. The molecule has 0 spiro atoms. The molecule has 0 bridgehead atoms. The summed E-state index contributed by atoms with van der Waals surface area (Å²) >= 11 is 0. The fourth-order valence-electron chi connectivity index (χ4n) is 2.49. The predicted molar refractivity (Wildman–Crippen MR) is 83.1 cm³/mol. The Balaban J connectivity index is 1.66. The van der Waals surface area contributed by atoms with Crippen LogP contribution in [0.25, 0.3) is 0 Å². The Morgan fingerprint density at radius 1 is 1.27 bits per heavy atom. The maximum atomic E-state index is 12.2. The van der Waals surface area contributed by atoms with Crippen LogP contribution in [-0.4, -0.2) is 30.9 Å². The summed E-state index contributed by atoms with van der Waals surface area (Å²) in [4.78, 5) is 0.235. The van der Waals surface area contributed by atoms with E-state index < -0.39 is 10.0 Å². The number of hydrogen-bond donors (Lipinski definition) is 1. The molecule has 1 fully saturated rings. The Labute approximate surface area is 130 Å². The van der Waals surface area contributed by atoms with E-state index in [0.29, 0.717) is 12.2 Å². The molecule has 118 valence electrons. The summed E-state index contributed by atoms with van der Waals surface area (Å²) in [6, 6.07) is 8.28. The van der Waals surface area contributed by atoms with Gasteiger partial charge in [-0.05, 0) is 31.4 Å². The van der Waals surface area contributed by atoms with E-state index in [1.165, 1.54) is 12.6 Å². The molecule has 0 unspecified atom stereocenters. The van der Waals surface area contributed by atoms with E-state index >= 15 is 0 Å². The molecule has 0 saturated carbocycles. The summed E-state index contributed by atoms with van der Waals surface area (Å²) in [7, 11) is -3.57. The van der Waals surface area contributed by atoms with E-state index in [-0.39, 0.29) is 11.0 Å². The molecule has 1 aliphatic heterocycles. The van der Waals surface area contributed by atoms with Gasteiger partial charge in [-0.25, -0.2) is 8.42 Å². The Hall–Kier alpha value is -1.86. The second-order valence-corrected chi connectivity index (χ2v) is 7.04. The molecule has 7 heteroatoms. The van der Waals surface area contributed by atoms with E-state index in [4.69, 9.17) is 4.74 Å². The lowest BCUT2D eigenvalue weighted by Gasteiger charge is -2.22. The second-order valence-electron chi connectivity index (χ2n) is 5.36. The van der Waals surface area contributed by atoms with Crippen LogP contribution in [0.1, 0.15) is 19.3 Å². The number of ether oxygens (including phenoxy) is 1. The molecule has 1 saturated heterocycles. The van der Waals surface area contributed by atoms with Gasteiger partial charge in [-0.2, -0.15) is 5.10 Å². The molecule has 2 aromatic rings. The summed E-state index contributed by atoms with van der Waals surface area (Å²) < 4.78 is 34.4. The van der Waals surface area contributed by atoms with Gasteiger partial charge in [0.15, 0.2) is 0 Å². The number of rotatable bonds is 5. The van der Waals surface area contributed by atoms with Gasteiger partial charge in [-0.3, -0.25) is 9.40 Å². The fourth-order valence-corrected chi connectivity index (χ4v) is 3.54. The predicted octanol–water partition coefficient (Wildman–Crippen LogP) is 2.25. The summed E-state index contributed by atoms with van der Waals surface area (Å²) in [6.07, 6.45) is 6.66. The molecule has 0 aliphatic carbocycles. The monoisotopic (exact) mass is 321 g/mol. The quantitative estimate of drug-likeness (QED) is 0.917. The first-order valence-electron chi connectivity index (χ1n) is 7.35. The van der Waals surface area contributed by atoms with Crippen molar-refractivity contribution >= 4 is 15.7 Å². The van der Waals surface area contributed by atoms with Crippen molar-refractivity contribution in [3.63, 3.8) is 0 Å². The van der Waals surface area contributed by atoms with E-state index in [2.05, 4.69) is 9.82 Å². The van der Waals surface area contributed by atoms with Crippen molar-refractivity contribution in [3.05, 3.63) is 42.7 Å². The highest BCUT2D eigenvalue weighted by Crippen LogP contribution is 2.17. The van der Waals surface area contributed by atoms with Crippen LogP contribution in [0, 0.1) is 0 Å². The first kappa shape index (κ1) is 15.1. The number of anilines is 1.